The molecule has 1 saturated heterocycles. The minimum absolute atomic E-state index is 0. The van der Waals surface area contributed by atoms with Gasteiger partial charge in [-0.15, -0.1) is 0 Å². The average Bonchev–Trinajstić information content (AvgIpc) is 1.69. The predicted octanol–water partition coefficient (Wildman–Crippen LogP) is 1.48. The molecule has 0 radical (unpaired) electrons. The molecule has 1 fully saturated rings. The van der Waals surface area contributed by atoms with Crippen molar-refractivity contribution in [3.05, 3.63) is 4.72 Å². The van der Waals surface area contributed by atoms with Crippen molar-refractivity contribution in [3.63, 3.8) is 0 Å². The van der Waals surface area contributed by atoms with E-state index in [0.29, 0.717) is 0 Å². The summed E-state index contributed by atoms with van der Waals surface area (Å²) in [7, 11) is 0. The van der Waals surface area contributed by atoms with Gasteiger partial charge in [-0.05, 0) is 0 Å². The molecule has 0 bridgehead atoms. The van der Waals surface area contributed by atoms with Crippen LogP contribution in [0.25, 0.3) is 4.72 Å². The molecule has 0 amide bonds. The van der Waals surface area contributed by atoms with Crippen molar-refractivity contribution in [1.29, 1.82) is 0 Å². The number of rotatable bonds is 0. The van der Waals surface area contributed by atoms with E-state index in [4.69, 9.17) is 0 Å². The summed E-state index contributed by atoms with van der Waals surface area (Å²) in [5, 5.41) is 0. The van der Waals surface area contributed by atoms with E-state index in [1.54, 1.807) is 31.3 Å². The molecule has 44 valence electrons. The van der Waals surface area contributed by atoms with Gasteiger partial charge in [-0.1, -0.05) is 0 Å². The van der Waals surface area contributed by atoms with E-state index in [-0.39, 0.29) is 31.1 Å². The van der Waals surface area contributed by atoms with Crippen LogP contribution in [0, 0.1) is 31.1 Å². The second-order valence-corrected chi connectivity index (χ2v) is 3.96. The molecule has 0 spiro atoms. The molecule has 0 aromatic carbocycles. The van der Waals surface area contributed by atoms with Crippen LogP contribution < -0.4 is 0 Å². The molecule has 4 heteroatoms. The fraction of sp³-hybridized carbons (Fsp3) is 0.750. The molecule has 1 rings (SSSR count). The molecule has 0 N–H and O–H groups in total. The average molecular weight is 522 g/mol. The molecule has 1 aliphatic rings. The third-order valence-electron chi connectivity index (χ3n) is 0.793. The Labute approximate surface area is 88.7 Å². The number of hydrogen-bond donors (Lipinski definition) is 0. The van der Waals surface area contributed by atoms with E-state index in [2.05, 4.69) is 4.72 Å². The van der Waals surface area contributed by atoms with Crippen molar-refractivity contribution in [2.75, 3.05) is 5.75 Å². The van der Waals surface area contributed by atoms with Gasteiger partial charge in [-0.2, -0.15) is 0 Å². The SMILES string of the molecule is [U].[W]=[C]1CCCS[N-]1. The fourth-order valence-electron chi connectivity index (χ4n) is 0.451. The normalized spacial score (nSPS) is 19.8. The van der Waals surface area contributed by atoms with Crippen LogP contribution in [0.4, 0.5) is 0 Å². The second kappa shape index (κ2) is 5.69. The van der Waals surface area contributed by atoms with Crippen LogP contribution >= 0.6 is 11.9 Å². The maximum absolute atomic E-state index is 4.20. The van der Waals surface area contributed by atoms with Crippen molar-refractivity contribution in [2.45, 2.75) is 12.8 Å². The van der Waals surface area contributed by atoms with E-state index in [0.717, 1.165) is 0 Å². The Morgan fingerprint density at radius 3 is 2.62 bits per heavy atom. The fourth-order valence-corrected chi connectivity index (χ4v) is 2.14. The summed E-state index contributed by atoms with van der Waals surface area (Å²) >= 11 is 3.26. The van der Waals surface area contributed by atoms with E-state index in [1.807, 2.05) is 0 Å². The van der Waals surface area contributed by atoms with Gasteiger partial charge in [0.1, 0.15) is 0 Å². The molecule has 0 unspecified atom stereocenters. The zero-order valence-corrected chi connectivity index (χ0v) is 12.3. The van der Waals surface area contributed by atoms with Crippen LogP contribution in [-0.4, -0.2) is 9.77 Å². The Morgan fingerprint density at radius 2 is 2.38 bits per heavy atom. The first-order chi connectivity index (χ1) is 3.39. The molecule has 0 saturated carbocycles. The summed E-state index contributed by atoms with van der Waals surface area (Å²) in [4.78, 5) is 0. The van der Waals surface area contributed by atoms with Gasteiger partial charge < -0.3 is 0 Å². The van der Waals surface area contributed by atoms with Crippen LogP contribution in [0.5, 0.6) is 0 Å². The minimum atomic E-state index is 0. The molecular weight excluding hydrogens is 516 g/mol. The first kappa shape index (κ1) is 9.92. The molecule has 0 aromatic rings. The van der Waals surface area contributed by atoms with Gasteiger partial charge >= 0.3 is 58.6 Å². The number of nitrogens with zero attached hydrogens (tertiary/aromatic N) is 1. The molecule has 1 aliphatic heterocycles. The van der Waals surface area contributed by atoms with Gasteiger partial charge in [0, 0.05) is 31.1 Å². The Morgan fingerprint density at radius 1 is 1.62 bits per heavy atom. The van der Waals surface area contributed by atoms with Crippen molar-refractivity contribution in [2.24, 2.45) is 0 Å². The van der Waals surface area contributed by atoms with Crippen LogP contribution in [-0.2, 0) is 19.4 Å². The Balaban J connectivity index is 0.000000490. The van der Waals surface area contributed by atoms with Gasteiger partial charge in [0.2, 0.25) is 0 Å². The van der Waals surface area contributed by atoms with Gasteiger partial charge in [-0.3, -0.25) is 0 Å². The van der Waals surface area contributed by atoms with E-state index < -0.39 is 0 Å². The maximum atomic E-state index is 4.20. The summed E-state index contributed by atoms with van der Waals surface area (Å²) in [5.41, 5.74) is 0. The van der Waals surface area contributed by atoms with Gasteiger partial charge in [-0.25, -0.2) is 0 Å². The van der Waals surface area contributed by atoms with E-state index in [1.165, 1.54) is 22.6 Å². The molecule has 1 nitrogen and oxygen atoms in total. The van der Waals surface area contributed by atoms with E-state index >= 15 is 0 Å². The summed E-state index contributed by atoms with van der Waals surface area (Å²) in [6.07, 6.45) is 2.59. The topological polar surface area (TPSA) is 14.1 Å². The molecule has 0 atom stereocenters. The molecule has 0 aliphatic carbocycles. The molecule has 8 heavy (non-hydrogen) atoms. The summed E-state index contributed by atoms with van der Waals surface area (Å²) in [5.74, 6) is 1.23. The molecular formula is C4H6NSUW-. The first-order valence-electron chi connectivity index (χ1n) is 2.25. The third-order valence-corrected chi connectivity index (χ3v) is 3.13. The monoisotopic (exact) mass is 522 g/mol. The van der Waals surface area contributed by atoms with Crippen molar-refractivity contribution in [3.8, 4) is 0 Å². The zero-order chi connectivity index (χ0) is 5.11. The van der Waals surface area contributed by atoms with Gasteiger partial charge in [0.25, 0.3) is 0 Å². The standard InChI is InChI=1S/C4H6NS.U.W/c1-2-4-6-5-3-1;;/h1-2,4H2;;/q-1;;. The van der Waals surface area contributed by atoms with Crippen molar-refractivity contribution in [1.82, 2.24) is 0 Å². The van der Waals surface area contributed by atoms with Crippen molar-refractivity contribution < 1.29 is 50.5 Å². The van der Waals surface area contributed by atoms with Crippen molar-refractivity contribution >= 4 is 16.0 Å². The second-order valence-electron chi connectivity index (χ2n) is 1.42. The van der Waals surface area contributed by atoms with Crippen LogP contribution in [0.3, 0.4) is 0 Å². The van der Waals surface area contributed by atoms with Crippen LogP contribution in [0.2, 0.25) is 0 Å². The van der Waals surface area contributed by atoms with Gasteiger partial charge in [0.05, 0.1) is 0 Å². The summed E-state index contributed by atoms with van der Waals surface area (Å²) < 4.78 is 5.59. The quantitative estimate of drug-likeness (QED) is 0.441. The molecule has 1 heterocycles. The Bertz CT molecular complexity index is 80.1. The number of hydrogen-bond acceptors (Lipinski definition) is 1. The third kappa shape index (κ3) is 3.85. The summed E-state index contributed by atoms with van der Waals surface area (Å²) in [6.45, 7) is 0. The predicted molar refractivity (Wildman–Crippen MR) is 30.1 cm³/mol. The van der Waals surface area contributed by atoms with Crippen LogP contribution in [0.1, 0.15) is 12.8 Å². The molecule has 0 aromatic heterocycles. The Kier molecular flexibility index (Phi) is 7.05. The zero-order valence-electron chi connectivity index (χ0n) is 4.39. The van der Waals surface area contributed by atoms with Gasteiger partial charge in [0.15, 0.2) is 0 Å². The first-order valence-corrected chi connectivity index (χ1v) is 4.66. The Hall–Kier alpha value is 1.92. The van der Waals surface area contributed by atoms with Crippen LogP contribution in [0.15, 0.2) is 0 Å². The summed E-state index contributed by atoms with van der Waals surface area (Å²) in [6, 6.07) is 0. The van der Waals surface area contributed by atoms with E-state index in [9.17, 15) is 0 Å².